The van der Waals surface area contributed by atoms with Gasteiger partial charge in [-0.25, -0.2) is 0 Å². The van der Waals surface area contributed by atoms with Crippen molar-refractivity contribution in [1.29, 1.82) is 0 Å². The predicted octanol–water partition coefficient (Wildman–Crippen LogP) is 0.572. The Hall–Kier alpha value is -0.610. The molecule has 0 unspecified atom stereocenters. The molecule has 0 aromatic rings. The Kier molecular flexibility index (Phi) is 2.49. The lowest BCUT2D eigenvalue weighted by atomic mass is 9.80. The van der Waals surface area contributed by atoms with E-state index in [0.29, 0.717) is 0 Å². The molecule has 2 atom stereocenters. The molecule has 80 valence electrons. The zero-order valence-corrected chi connectivity index (χ0v) is 8.53. The number of nitrogens with zero attached hydrogens (tertiary/aromatic N) is 1. The van der Waals surface area contributed by atoms with Crippen LogP contribution in [0, 0.1) is 5.41 Å². The van der Waals surface area contributed by atoms with E-state index in [1.54, 1.807) is 0 Å². The smallest absolute Gasteiger partial charge is 0.320 e. The third-order valence-electron chi connectivity index (χ3n) is 3.43. The molecule has 1 spiro atoms. The van der Waals surface area contributed by atoms with Gasteiger partial charge in [0.05, 0.1) is 6.61 Å². The van der Waals surface area contributed by atoms with Crippen molar-refractivity contribution in [2.45, 2.75) is 25.3 Å². The first-order valence-corrected chi connectivity index (χ1v) is 5.14. The maximum atomic E-state index is 11.0. The molecule has 0 aromatic carbocycles. The Morgan fingerprint density at radius 2 is 2.43 bits per heavy atom. The molecule has 0 bridgehead atoms. The Morgan fingerprint density at radius 1 is 1.64 bits per heavy atom. The summed E-state index contributed by atoms with van der Waals surface area (Å²) in [4.78, 5) is 12.9. The van der Waals surface area contributed by atoms with Crippen molar-refractivity contribution >= 4 is 5.97 Å². The number of carbonyl (C=O) groups is 1. The van der Waals surface area contributed by atoms with Crippen LogP contribution in [0.5, 0.6) is 0 Å². The third-order valence-corrected chi connectivity index (χ3v) is 3.43. The van der Waals surface area contributed by atoms with Crippen molar-refractivity contribution in [2.75, 3.05) is 26.8 Å². The van der Waals surface area contributed by atoms with Crippen LogP contribution in [-0.4, -0.2) is 48.8 Å². The molecule has 2 aliphatic rings. The summed E-state index contributed by atoms with van der Waals surface area (Å²) in [6.45, 7) is 2.44. The van der Waals surface area contributed by atoms with E-state index in [4.69, 9.17) is 9.84 Å². The van der Waals surface area contributed by atoms with Crippen molar-refractivity contribution in [2.24, 2.45) is 5.41 Å². The van der Waals surface area contributed by atoms with Gasteiger partial charge in [-0.3, -0.25) is 9.69 Å². The summed E-state index contributed by atoms with van der Waals surface area (Å²) in [6, 6.07) is -0.309. The van der Waals surface area contributed by atoms with Crippen LogP contribution >= 0.6 is 0 Å². The maximum absolute atomic E-state index is 11.0. The highest BCUT2D eigenvalue weighted by Gasteiger charge is 2.46. The lowest BCUT2D eigenvalue weighted by molar-refractivity contribution is -0.141. The number of carboxylic acids is 1. The topological polar surface area (TPSA) is 49.8 Å². The second kappa shape index (κ2) is 3.51. The van der Waals surface area contributed by atoms with Gasteiger partial charge < -0.3 is 9.84 Å². The molecule has 2 rings (SSSR count). The van der Waals surface area contributed by atoms with Gasteiger partial charge in [0, 0.05) is 18.6 Å². The molecule has 0 saturated carbocycles. The molecule has 2 saturated heterocycles. The zero-order chi connectivity index (χ0) is 10.2. The zero-order valence-electron chi connectivity index (χ0n) is 8.53. The highest BCUT2D eigenvalue weighted by Crippen LogP contribution is 2.40. The SMILES string of the molecule is CN1C[C@]2(CCCOC2)C[C@H]1C(=O)O. The van der Waals surface area contributed by atoms with Crippen molar-refractivity contribution in [3.8, 4) is 0 Å². The predicted molar refractivity (Wildman–Crippen MR) is 51.2 cm³/mol. The Balaban J connectivity index is 2.06. The number of hydrogen-bond donors (Lipinski definition) is 1. The second-order valence-corrected chi connectivity index (χ2v) is 4.63. The Labute approximate surface area is 83.8 Å². The van der Waals surface area contributed by atoms with Crippen LogP contribution in [0.15, 0.2) is 0 Å². The van der Waals surface area contributed by atoms with E-state index < -0.39 is 5.97 Å². The number of carboxylic acid groups (broad SMARTS) is 1. The first-order valence-electron chi connectivity index (χ1n) is 5.14. The Bertz CT molecular complexity index is 236. The van der Waals surface area contributed by atoms with E-state index in [9.17, 15) is 4.79 Å². The summed E-state index contributed by atoms with van der Waals surface area (Å²) < 4.78 is 5.46. The quantitative estimate of drug-likeness (QED) is 0.671. The molecule has 2 fully saturated rings. The van der Waals surface area contributed by atoms with Crippen LogP contribution in [0.25, 0.3) is 0 Å². The minimum atomic E-state index is -0.699. The van der Waals surface area contributed by atoms with Gasteiger partial charge in [0.1, 0.15) is 6.04 Å². The number of rotatable bonds is 1. The van der Waals surface area contributed by atoms with Gasteiger partial charge in [0.25, 0.3) is 0 Å². The van der Waals surface area contributed by atoms with Crippen molar-refractivity contribution in [1.82, 2.24) is 4.90 Å². The van der Waals surface area contributed by atoms with Crippen LogP contribution in [0.1, 0.15) is 19.3 Å². The standard InChI is InChI=1S/C10H17NO3/c1-11-6-10(3-2-4-14-7-10)5-8(11)9(12)13/h8H,2-7H2,1H3,(H,12,13)/t8-,10-/m0/s1. The van der Waals surface area contributed by atoms with E-state index in [1.807, 2.05) is 11.9 Å². The second-order valence-electron chi connectivity index (χ2n) is 4.63. The lowest BCUT2D eigenvalue weighted by Crippen LogP contribution is -2.34. The van der Waals surface area contributed by atoms with Gasteiger partial charge in [-0.2, -0.15) is 0 Å². The fraction of sp³-hybridized carbons (Fsp3) is 0.900. The molecule has 0 aromatic heterocycles. The van der Waals surface area contributed by atoms with Gasteiger partial charge >= 0.3 is 5.97 Å². The molecule has 0 amide bonds. The van der Waals surface area contributed by atoms with Gasteiger partial charge in [0.15, 0.2) is 0 Å². The number of aliphatic carboxylic acids is 1. The largest absolute Gasteiger partial charge is 0.480 e. The van der Waals surface area contributed by atoms with E-state index >= 15 is 0 Å². The van der Waals surface area contributed by atoms with Gasteiger partial charge in [-0.15, -0.1) is 0 Å². The van der Waals surface area contributed by atoms with Crippen LogP contribution in [0.4, 0.5) is 0 Å². The molecule has 2 aliphatic heterocycles. The number of ether oxygens (including phenoxy) is 1. The highest BCUT2D eigenvalue weighted by atomic mass is 16.5. The maximum Gasteiger partial charge on any atom is 0.320 e. The van der Waals surface area contributed by atoms with E-state index in [-0.39, 0.29) is 11.5 Å². The number of likely N-dealkylation sites (N-methyl/N-ethyl adjacent to an activating group) is 1. The molecule has 4 heteroatoms. The summed E-state index contributed by atoms with van der Waals surface area (Å²) in [5.41, 5.74) is 0.121. The first-order chi connectivity index (χ1) is 6.63. The third kappa shape index (κ3) is 1.64. The molecule has 4 nitrogen and oxygen atoms in total. The molecule has 2 heterocycles. The van der Waals surface area contributed by atoms with Crippen LogP contribution < -0.4 is 0 Å². The monoisotopic (exact) mass is 199 g/mol. The highest BCUT2D eigenvalue weighted by molar-refractivity contribution is 5.74. The lowest BCUT2D eigenvalue weighted by Gasteiger charge is -2.32. The van der Waals surface area contributed by atoms with Gasteiger partial charge in [0.2, 0.25) is 0 Å². The Morgan fingerprint density at radius 3 is 2.93 bits per heavy atom. The normalized spacial score (nSPS) is 39.1. The minimum absolute atomic E-state index is 0.121. The fourth-order valence-corrected chi connectivity index (χ4v) is 2.74. The van der Waals surface area contributed by atoms with Crippen molar-refractivity contribution < 1.29 is 14.6 Å². The van der Waals surface area contributed by atoms with E-state index in [1.165, 1.54) is 0 Å². The van der Waals surface area contributed by atoms with Crippen LogP contribution in [0.2, 0.25) is 0 Å². The van der Waals surface area contributed by atoms with Crippen molar-refractivity contribution in [3.63, 3.8) is 0 Å². The summed E-state index contributed by atoms with van der Waals surface area (Å²) >= 11 is 0. The minimum Gasteiger partial charge on any atom is -0.480 e. The summed E-state index contributed by atoms with van der Waals surface area (Å²) in [5.74, 6) is -0.699. The molecule has 0 radical (unpaired) electrons. The molecule has 1 N–H and O–H groups in total. The van der Waals surface area contributed by atoms with E-state index in [2.05, 4.69) is 0 Å². The fourth-order valence-electron chi connectivity index (χ4n) is 2.74. The molecular weight excluding hydrogens is 182 g/mol. The number of hydrogen-bond acceptors (Lipinski definition) is 3. The summed E-state index contributed by atoms with van der Waals surface area (Å²) in [6.07, 6.45) is 2.93. The summed E-state index contributed by atoms with van der Waals surface area (Å²) in [7, 11) is 1.89. The molecule has 14 heavy (non-hydrogen) atoms. The average molecular weight is 199 g/mol. The molecular formula is C10H17NO3. The first kappa shape index (κ1) is 9.93. The van der Waals surface area contributed by atoms with Crippen LogP contribution in [-0.2, 0) is 9.53 Å². The summed E-state index contributed by atoms with van der Waals surface area (Å²) in [5, 5.41) is 9.02. The van der Waals surface area contributed by atoms with E-state index in [0.717, 1.165) is 39.0 Å². The van der Waals surface area contributed by atoms with Gasteiger partial charge in [-0.05, 0) is 26.3 Å². The van der Waals surface area contributed by atoms with Crippen LogP contribution in [0.3, 0.4) is 0 Å². The number of likely N-dealkylation sites (tertiary alicyclic amines) is 1. The van der Waals surface area contributed by atoms with Crippen molar-refractivity contribution in [3.05, 3.63) is 0 Å². The molecule has 0 aliphatic carbocycles. The average Bonchev–Trinajstić information content (AvgIpc) is 2.44. The van der Waals surface area contributed by atoms with Gasteiger partial charge in [-0.1, -0.05) is 0 Å².